The molecule has 0 fully saturated rings. The predicted octanol–water partition coefficient (Wildman–Crippen LogP) is 3.20. The number of hydrogen-bond acceptors (Lipinski definition) is 1. The molecule has 0 spiro atoms. The third-order valence-electron chi connectivity index (χ3n) is 5.25. The second-order valence-corrected chi connectivity index (χ2v) is 7.41. The molecule has 0 aliphatic heterocycles. The monoisotopic (exact) mass is 363 g/mol. The van der Waals surface area contributed by atoms with Gasteiger partial charge < -0.3 is 14.6 Å². The Kier molecular flexibility index (Phi) is 6.86. The fourth-order valence-corrected chi connectivity index (χ4v) is 3.56. The van der Waals surface area contributed by atoms with Gasteiger partial charge in [-0.3, -0.25) is 0 Å². The summed E-state index contributed by atoms with van der Waals surface area (Å²) < 4.78 is 2.34. The predicted molar refractivity (Wildman–Crippen MR) is 111 cm³/mol. The van der Waals surface area contributed by atoms with E-state index in [0.29, 0.717) is 0 Å². The number of aliphatic hydroxyl groups is 1. The fourth-order valence-electron chi connectivity index (χ4n) is 3.56. The largest absolute Gasteiger partial charge is 0.387 e. The van der Waals surface area contributed by atoms with Crippen LogP contribution >= 0.6 is 0 Å². The van der Waals surface area contributed by atoms with Crippen molar-refractivity contribution in [2.75, 3.05) is 6.54 Å². The average Bonchev–Trinajstić information content (AvgIpc) is 3.11. The van der Waals surface area contributed by atoms with E-state index in [0.717, 1.165) is 32.6 Å². The maximum atomic E-state index is 10.2. The molecule has 1 heterocycles. The highest BCUT2D eigenvalue weighted by Crippen LogP contribution is 2.11. The molecule has 0 saturated heterocycles. The Morgan fingerprint density at radius 3 is 2.41 bits per heavy atom. The van der Waals surface area contributed by atoms with E-state index >= 15 is 0 Å². The molecule has 2 aromatic carbocycles. The number of nitrogens with one attached hydrogen (secondary N) is 1. The van der Waals surface area contributed by atoms with Crippen molar-refractivity contribution in [1.29, 1.82) is 0 Å². The summed E-state index contributed by atoms with van der Waals surface area (Å²) in [4.78, 5) is 1.39. The average molecular weight is 364 g/mol. The molecule has 0 radical (unpaired) electrons. The number of benzene rings is 2. The lowest BCUT2D eigenvalue weighted by Crippen LogP contribution is -3.10. The van der Waals surface area contributed by atoms with Gasteiger partial charge in [0.1, 0.15) is 25.7 Å². The number of hydrogen-bond donors (Lipinski definition) is 2. The molecule has 3 heteroatoms. The molecule has 1 unspecified atom stereocenters. The number of aliphatic hydroxyl groups excluding tert-OH is 1. The Morgan fingerprint density at radius 2 is 1.67 bits per heavy atom. The summed E-state index contributed by atoms with van der Waals surface area (Å²) in [5.41, 5.74) is 5.31. The highest BCUT2D eigenvalue weighted by atomic mass is 16.3. The Balaban J connectivity index is 1.75. The van der Waals surface area contributed by atoms with Gasteiger partial charge in [-0.05, 0) is 36.6 Å². The van der Waals surface area contributed by atoms with E-state index in [2.05, 4.69) is 84.4 Å². The zero-order valence-corrected chi connectivity index (χ0v) is 16.4. The van der Waals surface area contributed by atoms with Crippen molar-refractivity contribution in [3.63, 3.8) is 0 Å². The topological polar surface area (TPSA) is 29.6 Å². The molecule has 1 aromatic heterocycles. The standard InChI is InChI=1S/C24H30N2O/c1-3-24(27)19-25(16-21-11-5-4-6-12-21)18-23-14-9-15-26(23)17-22-13-8-7-10-20(22)2/h4-15,24,27H,3,16-19H2,1-2H3/p+1/t24-/m1/s1. The molecule has 0 amide bonds. The molecule has 27 heavy (non-hydrogen) atoms. The lowest BCUT2D eigenvalue weighted by atomic mass is 10.1. The highest BCUT2D eigenvalue weighted by Gasteiger charge is 2.17. The van der Waals surface area contributed by atoms with Gasteiger partial charge in [-0.2, -0.15) is 0 Å². The van der Waals surface area contributed by atoms with Crippen molar-refractivity contribution >= 4 is 0 Å². The molecule has 142 valence electrons. The molecule has 0 bridgehead atoms. The Labute approximate surface area is 162 Å². The number of quaternary nitrogens is 1. The van der Waals surface area contributed by atoms with Crippen LogP contribution in [0.4, 0.5) is 0 Å². The number of rotatable bonds is 9. The van der Waals surface area contributed by atoms with Gasteiger partial charge in [-0.1, -0.05) is 61.5 Å². The Bertz CT molecular complexity index is 825. The van der Waals surface area contributed by atoms with Crippen LogP contribution in [0.5, 0.6) is 0 Å². The minimum atomic E-state index is -0.261. The summed E-state index contributed by atoms with van der Waals surface area (Å²) in [5.74, 6) is 0. The lowest BCUT2D eigenvalue weighted by Gasteiger charge is -2.23. The molecule has 3 rings (SSSR count). The lowest BCUT2D eigenvalue weighted by molar-refractivity contribution is -0.930. The second kappa shape index (κ2) is 9.54. The van der Waals surface area contributed by atoms with Gasteiger partial charge in [-0.25, -0.2) is 0 Å². The van der Waals surface area contributed by atoms with Crippen molar-refractivity contribution < 1.29 is 10.0 Å². The van der Waals surface area contributed by atoms with Crippen molar-refractivity contribution in [2.24, 2.45) is 0 Å². The van der Waals surface area contributed by atoms with Crippen molar-refractivity contribution in [1.82, 2.24) is 4.57 Å². The van der Waals surface area contributed by atoms with E-state index in [1.165, 1.54) is 27.3 Å². The van der Waals surface area contributed by atoms with E-state index in [1.807, 2.05) is 6.92 Å². The Hall–Kier alpha value is -2.36. The number of aryl methyl sites for hydroxylation is 1. The molecule has 3 aromatic rings. The number of nitrogens with zero attached hydrogens (tertiary/aromatic N) is 1. The minimum Gasteiger partial charge on any atom is -0.387 e. The Morgan fingerprint density at radius 1 is 0.926 bits per heavy atom. The van der Waals surface area contributed by atoms with Gasteiger partial charge in [0.05, 0.1) is 5.69 Å². The summed E-state index contributed by atoms with van der Waals surface area (Å²) in [7, 11) is 0. The van der Waals surface area contributed by atoms with Gasteiger partial charge in [0.15, 0.2) is 0 Å². The van der Waals surface area contributed by atoms with Crippen molar-refractivity contribution in [2.45, 2.75) is 46.0 Å². The van der Waals surface area contributed by atoms with Crippen LogP contribution in [0.1, 0.15) is 35.7 Å². The van der Waals surface area contributed by atoms with Crippen LogP contribution in [0.15, 0.2) is 72.9 Å². The fraction of sp³-hybridized carbons (Fsp3) is 0.333. The van der Waals surface area contributed by atoms with E-state index in [-0.39, 0.29) is 6.10 Å². The summed E-state index contributed by atoms with van der Waals surface area (Å²) in [6, 6.07) is 23.5. The van der Waals surface area contributed by atoms with Crippen LogP contribution in [0.25, 0.3) is 0 Å². The molecular formula is C24H31N2O+. The molecule has 0 aliphatic carbocycles. The zero-order chi connectivity index (χ0) is 19.1. The van der Waals surface area contributed by atoms with E-state index in [9.17, 15) is 5.11 Å². The van der Waals surface area contributed by atoms with Crippen LogP contribution in [-0.2, 0) is 19.6 Å². The maximum absolute atomic E-state index is 10.2. The first-order valence-corrected chi connectivity index (χ1v) is 9.89. The maximum Gasteiger partial charge on any atom is 0.118 e. The van der Waals surface area contributed by atoms with Crippen LogP contribution in [-0.4, -0.2) is 22.3 Å². The summed E-state index contributed by atoms with van der Waals surface area (Å²) in [6.07, 6.45) is 2.70. The van der Waals surface area contributed by atoms with E-state index in [4.69, 9.17) is 0 Å². The van der Waals surface area contributed by atoms with E-state index in [1.54, 1.807) is 0 Å². The molecule has 0 aliphatic rings. The van der Waals surface area contributed by atoms with Crippen molar-refractivity contribution in [3.8, 4) is 0 Å². The van der Waals surface area contributed by atoms with Gasteiger partial charge >= 0.3 is 0 Å². The quantitative estimate of drug-likeness (QED) is 0.601. The first kappa shape index (κ1) is 19.4. The molecule has 2 atom stereocenters. The van der Waals surface area contributed by atoms with Gasteiger partial charge in [0.2, 0.25) is 0 Å². The normalized spacial score (nSPS) is 13.4. The molecule has 3 nitrogen and oxygen atoms in total. The molecular weight excluding hydrogens is 332 g/mol. The van der Waals surface area contributed by atoms with Crippen LogP contribution in [0.2, 0.25) is 0 Å². The molecule has 0 saturated carbocycles. The SMILES string of the molecule is CC[C@@H](O)C[NH+](Cc1ccccc1)Cc1cccn1Cc1ccccc1C. The van der Waals surface area contributed by atoms with Crippen molar-refractivity contribution in [3.05, 3.63) is 95.3 Å². The van der Waals surface area contributed by atoms with Crippen LogP contribution in [0, 0.1) is 6.92 Å². The third-order valence-corrected chi connectivity index (χ3v) is 5.25. The smallest absolute Gasteiger partial charge is 0.118 e. The summed E-state index contributed by atoms with van der Waals surface area (Å²) in [5, 5.41) is 10.2. The molecule has 2 N–H and O–H groups in total. The third kappa shape index (κ3) is 5.56. The van der Waals surface area contributed by atoms with E-state index < -0.39 is 0 Å². The second-order valence-electron chi connectivity index (χ2n) is 7.41. The number of aromatic nitrogens is 1. The highest BCUT2D eigenvalue weighted by molar-refractivity contribution is 5.26. The van der Waals surface area contributed by atoms with Crippen LogP contribution in [0.3, 0.4) is 0 Å². The summed E-state index contributed by atoms with van der Waals surface area (Å²) in [6.45, 7) is 7.71. The van der Waals surface area contributed by atoms with Gasteiger partial charge in [0.25, 0.3) is 0 Å². The van der Waals surface area contributed by atoms with Gasteiger partial charge in [0, 0.05) is 18.3 Å². The zero-order valence-electron chi connectivity index (χ0n) is 16.4. The van der Waals surface area contributed by atoms with Gasteiger partial charge in [-0.15, -0.1) is 0 Å². The minimum absolute atomic E-state index is 0.261. The first-order chi connectivity index (χ1) is 13.2. The van der Waals surface area contributed by atoms with Crippen LogP contribution < -0.4 is 4.90 Å². The summed E-state index contributed by atoms with van der Waals surface area (Å²) >= 11 is 0. The first-order valence-electron chi connectivity index (χ1n) is 9.89.